The van der Waals surface area contributed by atoms with Gasteiger partial charge in [0.15, 0.2) is 5.96 Å². The Hall–Kier alpha value is -1.60. The molecule has 0 aliphatic carbocycles. The molecular weight excluding hydrogens is 324 g/mol. The zero-order chi connectivity index (χ0) is 18.4. The molecule has 0 unspecified atom stereocenters. The maximum absolute atomic E-state index is 12.6. The average molecular weight is 355 g/mol. The Morgan fingerprint density at radius 2 is 1.79 bits per heavy atom. The number of hydrogen-bond acceptors (Lipinski definition) is 3. The number of hydrogen-bond donors (Lipinski definition) is 3. The Morgan fingerprint density at radius 3 is 2.33 bits per heavy atom. The second kappa shape index (κ2) is 8.48. The van der Waals surface area contributed by atoms with Gasteiger partial charge in [0.2, 0.25) is 10.0 Å². The van der Waals surface area contributed by atoms with E-state index in [1.165, 1.54) is 0 Å². The van der Waals surface area contributed by atoms with Gasteiger partial charge in [0, 0.05) is 25.7 Å². The van der Waals surface area contributed by atoms with Gasteiger partial charge in [-0.25, -0.2) is 13.1 Å². The number of rotatable bonds is 6. The van der Waals surface area contributed by atoms with Crippen molar-refractivity contribution in [3.05, 3.63) is 29.8 Å². The fraction of sp³-hybridized carbons (Fsp3) is 0.588. The number of nitrogens with zero attached hydrogens (tertiary/aromatic N) is 1. The quantitative estimate of drug-likeness (QED) is 0.540. The SMILES string of the molecule is CN=C(NCc1ccccc1S(=O)(=O)NC(C)(C)C)NCC(C)C. The lowest BCUT2D eigenvalue weighted by Crippen LogP contribution is -2.41. The summed E-state index contributed by atoms with van der Waals surface area (Å²) in [6, 6.07) is 6.99. The first-order valence-electron chi connectivity index (χ1n) is 8.11. The fourth-order valence-electron chi connectivity index (χ4n) is 2.07. The molecule has 6 nitrogen and oxygen atoms in total. The third-order valence-electron chi connectivity index (χ3n) is 3.05. The summed E-state index contributed by atoms with van der Waals surface area (Å²) in [5.41, 5.74) is 0.163. The largest absolute Gasteiger partial charge is 0.356 e. The van der Waals surface area contributed by atoms with E-state index in [4.69, 9.17) is 0 Å². The molecule has 0 bridgehead atoms. The van der Waals surface area contributed by atoms with E-state index >= 15 is 0 Å². The normalized spacial score (nSPS) is 13.2. The Balaban J connectivity index is 2.91. The van der Waals surface area contributed by atoms with Crippen LogP contribution in [0.5, 0.6) is 0 Å². The minimum absolute atomic E-state index is 0.284. The molecule has 0 aliphatic rings. The standard InChI is InChI=1S/C17H30N4O2S/c1-13(2)11-19-16(18-6)20-12-14-9-7-8-10-15(14)24(22,23)21-17(3,4)5/h7-10,13,21H,11-12H2,1-6H3,(H2,18,19,20). The summed E-state index contributed by atoms with van der Waals surface area (Å²) in [7, 11) is -1.89. The highest BCUT2D eigenvalue weighted by atomic mass is 32.2. The van der Waals surface area contributed by atoms with Crippen LogP contribution < -0.4 is 15.4 Å². The van der Waals surface area contributed by atoms with E-state index in [2.05, 4.69) is 34.2 Å². The predicted molar refractivity (Wildman–Crippen MR) is 99.6 cm³/mol. The van der Waals surface area contributed by atoms with Crippen LogP contribution in [0.15, 0.2) is 34.2 Å². The number of sulfonamides is 1. The molecule has 0 heterocycles. The summed E-state index contributed by atoms with van der Waals surface area (Å²) in [4.78, 5) is 4.44. The van der Waals surface area contributed by atoms with Gasteiger partial charge in [-0.05, 0) is 38.3 Å². The number of nitrogens with one attached hydrogen (secondary N) is 3. The Morgan fingerprint density at radius 1 is 1.17 bits per heavy atom. The second-order valence-corrected chi connectivity index (χ2v) is 8.81. The zero-order valence-electron chi connectivity index (χ0n) is 15.5. The topological polar surface area (TPSA) is 82.6 Å². The average Bonchev–Trinajstić information content (AvgIpc) is 2.45. The third kappa shape index (κ3) is 6.88. The molecule has 0 aliphatic heterocycles. The van der Waals surface area contributed by atoms with Crippen molar-refractivity contribution in [3.8, 4) is 0 Å². The highest BCUT2D eigenvalue weighted by Gasteiger charge is 2.24. The fourth-order valence-corrected chi connectivity index (χ4v) is 3.73. The first kappa shape index (κ1) is 20.4. The van der Waals surface area contributed by atoms with Crippen molar-refractivity contribution >= 4 is 16.0 Å². The Kier molecular flexibility index (Phi) is 7.23. The van der Waals surface area contributed by atoms with Crippen LogP contribution in [0.25, 0.3) is 0 Å². The molecule has 1 rings (SSSR count). The predicted octanol–water partition coefficient (Wildman–Crippen LogP) is 2.08. The summed E-state index contributed by atoms with van der Waals surface area (Å²) in [6.07, 6.45) is 0. The van der Waals surface area contributed by atoms with Crippen LogP contribution in [-0.2, 0) is 16.6 Å². The lowest BCUT2D eigenvalue weighted by Gasteiger charge is -2.22. The molecule has 7 heteroatoms. The van der Waals surface area contributed by atoms with Crippen molar-refractivity contribution < 1.29 is 8.42 Å². The molecule has 0 aromatic heterocycles. The third-order valence-corrected chi connectivity index (χ3v) is 4.91. The van der Waals surface area contributed by atoms with Gasteiger partial charge < -0.3 is 10.6 Å². The molecule has 0 saturated heterocycles. The van der Waals surface area contributed by atoms with E-state index in [-0.39, 0.29) is 4.90 Å². The van der Waals surface area contributed by atoms with Gasteiger partial charge in [-0.1, -0.05) is 32.0 Å². The second-order valence-electron chi connectivity index (χ2n) is 7.16. The minimum atomic E-state index is -3.58. The minimum Gasteiger partial charge on any atom is -0.356 e. The van der Waals surface area contributed by atoms with E-state index in [1.807, 2.05) is 26.8 Å². The lowest BCUT2D eigenvalue weighted by molar-refractivity contribution is 0.491. The number of aliphatic imine (C=N–C) groups is 1. The van der Waals surface area contributed by atoms with Gasteiger partial charge in [0.1, 0.15) is 0 Å². The summed E-state index contributed by atoms with van der Waals surface area (Å²) >= 11 is 0. The monoisotopic (exact) mass is 354 g/mol. The van der Waals surface area contributed by atoms with E-state index in [1.54, 1.807) is 25.2 Å². The molecule has 0 fully saturated rings. The van der Waals surface area contributed by atoms with Crippen molar-refractivity contribution in [2.75, 3.05) is 13.6 Å². The van der Waals surface area contributed by atoms with E-state index in [9.17, 15) is 8.42 Å². The van der Waals surface area contributed by atoms with Crippen molar-refractivity contribution in [2.24, 2.45) is 10.9 Å². The van der Waals surface area contributed by atoms with Crippen molar-refractivity contribution in [1.82, 2.24) is 15.4 Å². The van der Waals surface area contributed by atoms with Gasteiger partial charge in [0.05, 0.1) is 4.90 Å². The van der Waals surface area contributed by atoms with Crippen molar-refractivity contribution in [2.45, 2.75) is 51.6 Å². The molecule has 0 amide bonds. The smallest absolute Gasteiger partial charge is 0.241 e. The van der Waals surface area contributed by atoms with E-state index in [0.717, 1.165) is 6.54 Å². The molecule has 0 radical (unpaired) electrons. The van der Waals surface area contributed by atoms with Gasteiger partial charge in [-0.15, -0.1) is 0 Å². The highest BCUT2D eigenvalue weighted by molar-refractivity contribution is 7.89. The van der Waals surface area contributed by atoms with Crippen molar-refractivity contribution in [3.63, 3.8) is 0 Å². The maximum Gasteiger partial charge on any atom is 0.241 e. The maximum atomic E-state index is 12.6. The summed E-state index contributed by atoms with van der Waals surface area (Å²) in [5.74, 6) is 1.15. The van der Waals surface area contributed by atoms with Crippen LogP contribution in [0, 0.1) is 5.92 Å². The Labute approximate surface area is 146 Å². The van der Waals surface area contributed by atoms with Crippen LogP contribution >= 0.6 is 0 Å². The number of guanidine groups is 1. The van der Waals surface area contributed by atoms with E-state index in [0.29, 0.717) is 24.0 Å². The molecule has 24 heavy (non-hydrogen) atoms. The van der Waals surface area contributed by atoms with Gasteiger partial charge in [-0.3, -0.25) is 4.99 Å². The first-order valence-corrected chi connectivity index (χ1v) is 9.60. The summed E-state index contributed by atoms with van der Waals surface area (Å²) < 4.78 is 27.9. The first-order chi connectivity index (χ1) is 11.0. The molecule has 3 N–H and O–H groups in total. The number of benzene rings is 1. The van der Waals surface area contributed by atoms with Gasteiger partial charge in [-0.2, -0.15) is 0 Å². The molecule has 1 aromatic carbocycles. The van der Waals surface area contributed by atoms with Crippen LogP contribution in [0.4, 0.5) is 0 Å². The molecule has 136 valence electrons. The molecular formula is C17H30N4O2S. The molecule has 0 saturated carbocycles. The summed E-state index contributed by atoms with van der Waals surface area (Å²) in [5, 5.41) is 6.37. The van der Waals surface area contributed by atoms with Crippen molar-refractivity contribution in [1.29, 1.82) is 0 Å². The van der Waals surface area contributed by atoms with E-state index < -0.39 is 15.6 Å². The van der Waals surface area contributed by atoms with Crippen LogP contribution in [-0.4, -0.2) is 33.5 Å². The Bertz CT molecular complexity index is 661. The van der Waals surface area contributed by atoms with Crippen LogP contribution in [0.2, 0.25) is 0 Å². The molecule has 0 atom stereocenters. The zero-order valence-corrected chi connectivity index (χ0v) is 16.3. The van der Waals surface area contributed by atoms with Gasteiger partial charge in [0.25, 0.3) is 0 Å². The summed E-state index contributed by atoms with van der Waals surface area (Å²) in [6.45, 7) is 10.9. The van der Waals surface area contributed by atoms with Crippen LogP contribution in [0.3, 0.4) is 0 Å². The lowest BCUT2D eigenvalue weighted by atomic mass is 10.1. The van der Waals surface area contributed by atoms with Crippen LogP contribution in [0.1, 0.15) is 40.2 Å². The van der Waals surface area contributed by atoms with Gasteiger partial charge >= 0.3 is 0 Å². The molecule has 1 aromatic rings. The molecule has 0 spiro atoms. The highest BCUT2D eigenvalue weighted by Crippen LogP contribution is 2.17.